The van der Waals surface area contributed by atoms with E-state index in [1.807, 2.05) is 36.4 Å². The van der Waals surface area contributed by atoms with E-state index >= 15 is 0 Å². The van der Waals surface area contributed by atoms with Crippen LogP contribution in [0.3, 0.4) is 0 Å². The summed E-state index contributed by atoms with van der Waals surface area (Å²) in [5.41, 5.74) is 2.03. The molecule has 16 heavy (non-hydrogen) atoms. The zero-order valence-electron chi connectivity index (χ0n) is 7.98. The van der Waals surface area contributed by atoms with Gasteiger partial charge in [0.25, 0.3) is 0 Å². The van der Waals surface area contributed by atoms with Crippen molar-refractivity contribution in [1.29, 1.82) is 0 Å². The smallest absolute Gasteiger partial charge is 0.0554 e. The molecule has 0 atom stereocenters. The molecule has 0 spiro atoms. The molecule has 2 rings (SSSR count). The first-order valence-electron chi connectivity index (χ1n) is 4.49. The van der Waals surface area contributed by atoms with Gasteiger partial charge in [0, 0.05) is 8.95 Å². The summed E-state index contributed by atoms with van der Waals surface area (Å²) in [6.45, 7) is 0. The van der Waals surface area contributed by atoms with Gasteiger partial charge in [-0.2, -0.15) is 0 Å². The van der Waals surface area contributed by atoms with Crippen LogP contribution in [-0.4, -0.2) is 0 Å². The molecule has 82 valence electrons. The molecule has 0 heterocycles. The molecule has 0 amide bonds. The van der Waals surface area contributed by atoms with Crippen LogP contribution >= 0.6 is 55.1 Å². The third kappa shape index (κ3) is 2.30. The Morgan fingerprint density at radius 1 is 0.688 bits per heavy atom. The Kier molecular flexibility index (Phi) is 3.96. The highest BCUT2D eigenvalue weighted by molar-refractivity contribution is 9.11. The van der Waals surface area contributed by atoms with Crippen LogP contribution in [0.15, 0.2) is 45.3 Å². The average molecular weight is 381 g/mol. The Labute approximate surface area is 121 Å². The molecule has 0 saturated carbocycles. The second-order valence-electron chi connectivity index (χ2n) is 3.20. The molecule has 0 fully saturated rings. The van der Waals surface area contributed by atoms with Gasteiger partial charge in [-0.15, -0.1) is 0 Å². The Morgan fingerprint density at radius 3 is 1.44 bits per heavy atom. The zero-order valence-corrected chi connectivity index (χ0v) is 12.7. The zero-order chi connectivity index (χ0) is 11.7. The van der Waals surface area contributed by atoms with Gasteiger partial charge in [-0.05, 0) is 55.1 Å². The standard InChI is InChI=1S/C12H6Br2Cl2/c13-11-7(3-1-5-9(11)15)8-4-2-6-10(16)12(8)14/h1-6H. The lowest BCUT2D eigenvalue weighted by atomic mass is 10.1. The fourth-order valence-corrected chi connectivity index (χ4v) is 2.73. The summed E-state index contributed by atoms with van der Waals surface area (Å²) in [7, 11) is 0. The molecule has 0 aliphatic rings. The van der Waals surface area contributed by atoms with E-state index in [1.54, 1.807) is 0 Å². The van der Waals surface area contributed by atoms with Gasteiger partial charge in [0.15, 0.2) is 0 Å². The molecule has 2 aromatic carbocycles. The van der Waals surface area contributed by atoms with Crippen LogP contribution < -0.4 is 0 Å². The van der Waals surface area contributed by atoms with E-state index in [4.69, 9.17) is 23.2 Å². The quantitative estimate of drug-likeness (QED) is 0.553. The predicted octanol–water partition coefficient (Wildman–Crippen LogP) is 6.19. The van der Waals surface area contributed by atoms with Gasteiger partial charge in [-0.1, -0.05) is 47.5 Å². The first-order chi connectivity index (χ1) is 7.61. The second-order valence-corrected chi connectivity index (χ2v) is 5.60. The lowest BCUT2D eigenvalue weighted by Crippen LogP contribution is -1.83. The van der Waals surface area contributed by atoms with Gasteiger partial charge in [0.1, 0.15) is 0 Å². The van der Waals surface area contributed by atoms with Crippen molar-refractivity contribution in [2.75, 3.05) is 0 Å². The van der Waals surface area contributed by atoms with Crippen LogP contribution in [0.5, 0.6) is 0 Å². The molecule has 0 bridgehead atoms. The van der Waals surface area contributed by atoms with E-state index in [1.165, 1.54) is 0 Å². The molecule has 0 aromatic heterocycles. The molecule has 4 heteroatoms. The van der Waals surface area contributed by atoms with Crippen molar-refractivity contribution in [1.82, 2.24) is 0 Å². The van der Waals surface area contributed by atoms with Crippen molar-refractivity contribution in [3.05, 3.63) is 55.4 Å². The molecule has 0 saturated heterocycles. The van der Waals surface area contributed by atoms with Crippen molar-refractivity contribution in [2.45, 2.75) is 0 Å². The lowest BCUT2D eigenvalue weighted by Gasteiger charge is -2.09. The van der Waals surface area contributed by atoms with Crippen LogP contribution in [0.1, 0.15) is 0 Å². The van der Waals surface area contributed by atoms with Crippen LogP contribution in [0.25, 0.3) is 11.1 Å². The molecule has 0 aliphatic heterocycles. The first-order valence-corrected chi connectivity index (χ1v) is 6.84. The Morgan fingerprint density at radius 2 is 1.06 bits per heavy atom. The van der Waals surface area contributed by atoms with Crippen LogP contribution in [-0.2, 0) is 0 Å². The van der Waals surface area contributed by atoms with E-state index in [0.29, 0.717) is 10.0 Å². The van der Waals surface area contributed by atoms with E-state index in [0.717, 1.165) is 20.1 Å². The monoisotopic (exact) mass is 378 g/mol. The Hall–Kier alpha value is -0.0200. The highest BCUT2D eigenvalue weighted by Gasteiger charge is 2.10. The van der Waals surface area contributed by atoms with Gasteiger partial charge < -0.3 is 0 Å². The number of benzene rings is 2. The highest BCUT2D eigenvalue weighted by atomic mass is 79.9. The molecule has 0 radical (unpaired) electrons. The van der Waals surface area contributed by atoms with E-state index < -0.39 is 0 Å². The largest absolute Gasteiger partial charge is 0.0831 e. The minimum absolute atomic E-state index is 0.685. The summed E-state index contributed by atoms with van der Waals surface area (Å²) in [6, 6.07) is 11.5. The summed E-state index contributed by atoms with van der Waals surface area (Å²) in [5.74, 6) is 0. The number of hydrogen-bond acceptors (Lipinski definition) is 0. The molecular formula is C12H6Br2Cl2. The van der Waals surface area contributed by atoms with Gasteiger partial charge in [-0.3, -0.25) is 0 Å². The average Bonchev–Trinajstić information content (AvgIpc) is 2.27. The van der Waals surface area contributed by atoms with E-state index in [-0.39, 0.29) is 0 Å². The Balaban J connectivity index is 2.68. The van der Waals surface area contributed by atoms with Crippen LogP contribution in [0.4, 0.5) is 0 Å². The Bertz CT molecular complexity index is 489. The summed E-state index contributed by atoms with van der Waals surface area (Å²) in [4.78, 5) is 0. The molecule has 0 unspecified atom stereocenters. The fourth-order valence-electron chi connectivity index (χ4n) is 1.42. The third-order valence-electron chi connectivity index (χ3n) is 2.19. The third-order valence-corrected chi connectivity index (χ3v) is 4.99. The molecule has 0 N–H and O–H groups in total. The second kappa shape index (κ2) is 5.09. The predicted molar refractivity (Wildman–Crippen MR) is 77.3 cm³/mol. The number of halogens is 4. The van der Waals surface area contributed by atoms with Gasteiger partial charge in [0.2, 0.25) is 0 Å². The topological polar surface area (TPSA) is 0 Å². The summed E-state index contributed by atoms with van der Waals surface area (Å²) in [6.07, 6.45) is 0. The van der Waals surface area contributed by atoms with Crippen molar-refractivity contribution >= 4 is 55.1 Å². The maximum Gasteiger partial charge on any atom is 0.0554 e. The maximum absolute atomic E-state index is 6.06. The fraction of sp³-hybridized carbons (Fsp3) is 0. The van der Waals surface area contributed by atoms with Crippen molar-refractivity contribution in [3.63, 3.8) is 0 Å². The highest BCUT2D eigenvalue weighted by Crippen LogP contribution is 2.39. The molecule has 0 aliphatic carbocycles. The number of rotatable bonds is 1. The molecular weight excluding hydrogens is 375 g/mol. The summed E-state index contributed by atoms with van der Waals surface area (Å²) in [5, 5.41) is 1.37. The SMILES string of the molecule is Clc1cccc(-c2cccc(Cl)c2Br)c1Br. The summed E-state index contributed by atoms with van der Waals surface area (Å²) >= 11 is 19.1. The molecule has 2 aromatic rings. The first kappa shape index (κ1) is 12.4. The van der Waals surface area contributed by atoms with Crippen molar-refractivity contribution < 1.29 is 0 Å². The van der Waals surface area contributed by atoms with Gasteiger partial charge >= 0.3 is 0 Å². The number of hydrogen-bond donors (Lipinski definition) is 0. The van der Waals surface area contributed by atoms with Crippen LogP contribution in [0, 0.1) is 0 Å². The van der Waals surface area contributed by atoms with Crippen molar-refractivity contribution in [3.8, 4) is 11.1 Å². The van der Waals surface area contributed by atoms with E-state index in [2.05, 4.69) is 31.9 Å². The van der Waals surface area contributed by atoms with Gasteiger partial charge in [-0.25, -0.2) is 0 Å². The molecule has 0 nitrogen and oxygen atoms in total. The minimum atomic E-state index is 0.685. The lowest BCUT2D eigenvalue weighted by molar-refractivity contribution is 1.55. The van der Waals surface area contributed by atoms with E-state index in [9.17, 15) is 0 Å². The minimum Gasteiger partial charge on any atom is -0.0831 e. The maximum atomic E-state index is 6.06. The summed E-state index contributed by atoms with van der Waals surface area (Å²) < 4.78 is 1.75. The van der Waals surface area contributed by atoms with Crippen molar-refractivity contribution in [2.24, 2.45) is 0 Å². The van der Waals surface area contributed by atoms with Gasteiger partial charge in [0.05, 0.1) is 10.0 Å². The van der Waals surface area contributed by atoms with Crippen LogP contribution in [0.2, 0.25) is 10.0 Å². The normalized spacial score (nSPS) is 10.5.